The standard InChI is InChI=1S/C34H50N2O4S.C20H23ClN2O2S.C14H28O2.CH3F.2CH4/c1-4-5-6-7-8-9-10-11-12-13-14-19-33(37)39-27-40-34(38)36-24-22-35(23-25-36)30-17-15-16-18-32(30)41-31-21-20-28(2)26-29(31)3;1-15-7-8-18(16(2)13-15)26-19-6-4-3-5-17(19)22-9-11-23(12-10-22)20(24)25-14-21;1-2-3-4-5-6-7-8-9-10-11-12-13-14(15)16;1-2;;/h15-18,20-21,26H,4-14,19,22-25,27H2,1-3H3;3-8,13H,9-12,14H2,1-2H3;2-13H2,1H3,(H,15,16);1H3;2*1H4/i;;;1D;;. The number of carboxylic acids is 1. The molecule has 0 unspecified atom stereocenters. The van der Waals surface area contributed by atoms with Crippen LogP contribution in [0.3, 0.4) is 0 Å². The fraction of sp³-hybridized carbons (Fsp3) is 0.606. The van der Waals surface area contributed by atoms with E-state index >= 15 is 0 Å². The van der Waals surface area contributed by atoms with Crippen LogP contribution < -0.4 is 9.80 Å². The molecule has 87 heavy (non-hydrogen) atoms. The highest BCUT2D eigenvalue weighted by Gasteiger charge is 2.26. The number of unbranched alkanes of at least 4 members (excludes halogenated alkanes) is 20. The summed E-state index contributed by atoms with van der Waals surface area (Å²) in [5, 5.41) is 8.46. The Balaban J connectivity index is 0.000000703. The van der Waals surface area contributed by atoms with Crippen molar-refractivity contribution in [2.75, 3.05) is 82.2 Å². The molecule has 2 saturated heterocycles. The van der Waals surface area contributed by atoms with Gasteiger partial charge in [0, 0.05) is 84.8 Å². The average Bonchev–Trinajstić information content (AvgIpc) is 2.57. The summed E-state index contributed by atoms with van der Waals surface area (Å²) in [6, 6.07) is 29.9. The molecule has 2 amide bonds. The molecule has 0 aromatic heterocycles. The Labute approximate surface area is 541 Å². The predicted molar refractivity (Wildman–Crippen MR) is 365 cm³/mol. The first-order chi connectivity index (χ1) is 41.7. The van der Waals surface area contributed by atoms with Gasteiger partial charge < -0.3 is 38.9 Å². The molecule has 490 valence electrons. The molecule has 0 radical (unpaired) electrons. The Morgan fingerprint density at radius 2 is 0.839 bits per heavy atom. The lowest BCUT2D eigenvalue weighted by Gasteiger charge is -2.36. The Kier molecular flexibility index (Phi) is 44.6. The first-order valence-corrected chi connectivity index (χ1v) is 33.7. The lowest BCUT2D eigenvalue weighted by Crippen LogP contribution is -2.49. The number of carbonyl (C=O) groups is 4. The zero-order chi connectivity index (χ0) is 62.6. The molecule has 12 nitrogen and oxygen atoms in total. The van der Waals surface area contributed by atoms with Crippen molar-refractivity contribution in [1.82, 2.24) is 9.80 Å². The van der Waals surface area contributed by atoms with Crippen molar-refractivity contribution in [2.45, 2.75) is 230 Å². The fourth-order valence-electron chi connectivity index (χ4n) is 10.3. The van der Waals surface area contributed by atoms with Crippen LogP contribution in [-0.4, -0.2) is 111 Å². The van der Waals surface area contributed by atoms with Gasteiger partial charge in [0.1, 0.15) is 0 Å². The maximum absolute atomic E-state index is 12.5. The number of ether oxygens (including phenoxy) is 3. The summed E-state index contributed by atoms with van der Waals surface area (Å²) in [4.78, 5) is 59.7. The minimum Gasteiger partial charge on any atom is -0.481 e. The zero-order valence-corrected chi connectivity index (χ0v) is 54.9. The topological polar surface area (TPSA) is 129 Å². The van der Waals surface area contributed by atoms with Crippen molar-refractivity contribution in [1.29, 1.82) is 0 Å². The van der Waals surface area contributed by atoms with Crippen LogP contribution in [0.4, 0.5) is 25.4 Å². The second kappa shape index (κ2) is 49.7. The monoisotopic (exact) mass is 1270 g/mol. The Morgan fingerprint density at radius 3 is 1.20 bits per heavy atom. The van der Waals surface area contributed by atoms with Crippen LogP contribution >= 0.6 is 35.1 Å². The molecule has 0 aliphatic carbocycles. The van der Waals surface area contributed by atoms with Crippen LogP contribution in [0.25, 0.3) is 0 Å². The van der Waals surface area contributed by atoms with E-state index in [1.165, 1.54) is 162 Å². The van der Waals surface area contributed by atoms with Gasteiger partial charge >= 0.3 is 24.1 Å². The van der Waals surface area contributed by atoms with Gasteiger partial charge in [-0.15, -0.1) is 0 Å². The number of rotatable bonds is 33. The van der Waals surface area contributed by atoms with Gasteiger partial charge in [-0.25, -0.2) is 9.59 Å². The van der Waals surface area contributed by atoms with Gasteiger partial charge in [0.15, 0.2) is 6.07 Å². The van der Waals surface area contributed by atoms with Crippen molar-refractivity contribution >= 4 is 70.6 Å². The van der Waals surface area contributed by atoms with Gasteiger partial charge in [-0.3, -0.25) is 14.0 Å². The summed E-state index contributed by atoms with van der Waals surface area (Å²) in [5.41, 5.74) is 7.50. The molecule has 1 N–H and O–H groups in total. The second-order valence-electron chi connectivity index (χ2n) is 22.2. The van der Waals surface area contributed by atoms with Gasteiger partial charge in [0.05, 0.1) is 19.9 Å². The Hall–Kier alpha value is -5.12. The highest BCUT2D eigenvalue weighted by Crippen LogP contribution is 2.39. The molecule has 0 saturated carbocycles. The SMILES string of the molecule is C.C.CCCCCCCCCCCCCC(=O)O.CCCCCCCCCCCCCC(=O)OCOC(=O)N1CCN(c2ccccc2Sc2ccc(C)cc2C)CC1.Cc1ccc(Sc2ccccc2N2CCN(C(=O)OCCl)CC2)c(C)c1.[2H]CF. The van der Waals surface area contributed by atoms with Crippen LogP contribution in [-0.2, 0) is 23.8 Å². The molecule has 0 spiro atoms. The van der Waals surface area contributed by atoms with Crippen molar-refractivity contribution < 1.29 is 44.3 Å². The van der Waals surface area contributed by atoms with Crippen molar-refractivity contribution in [2.24, 2.45) is 0 Å². The number of amides is 2. The summed E-state index contributed by atoms with van der Waals surface area (Å²) >= 11 is 9.05. The molecule has 0 bridgehead atoms. The van der Waals surface area contributed by atoms with Gasteiger partial charge in [-0.1, -0.05) is 252 Å². The summed E-state index contributed by atoms with van der Waals surface area (Å²) < 4.78 is 30.8. The maximum Gasteiger partial charge on any atom is 0.412 e. The molecule has 16 heteroatoms. The predicted octanol–water partition coefficient (Wildman–Crippen LogP) is 20.5. The fourth-order valence-corrected chi connectivity index (χ4v) is 12.4. The van der Waals surface area contributed by atoms with E-state index in [1.54, 1.807) is 33.3 Å². The van der Waals surface area contributed by atoms with E-state index in [2.05, 4.69) is 136 Å². The molecule has 2 heterocycles. The Morgan fingerprint density at radius 1 is 0.494 bits per heavy atom. The number of para-hydroxylation sites is 2. The number of piperazine rings is 2. The Bertz CT molecular complexity index is 2500. The lowest BCUT2D eigenvalue weighted by atomic mass is 10.1. The normalized spacial score (nSPS) is 12.8. The third-order valence-corrected chi connectivity index (χ3v) is 17.7. The number of aryl methyl sites for hydroxylation is 4. The number of esters is 1. The summed E-state index contributed by atoms with van der Waals surface area (Å²) in [7, 11) is -1.00. The van der Waals surface area contributed by atoms with Crippen LogP contribution in [0.15, 0.2) is 105 Å². The molecular formula is C71H112ClFN4O8S2. The number of halogens is 2. The van der Waals surface area contributed by atoms with Gasteiger partial charge in [-0.05, 0) is 88.1 Å². The van der Waals surface area contributed by atoms with Crippen LogP contribution in [0.1, 0.15) is 206 Å². The molecule has 4 aromatic carbocycles. The van der Waals surface area contributed by atoms with Crippen LogP contribution in [0.2, 0.25) is 0 Å². The van der Waals surface area contributed by atoms with Crippen molar-refractivity contribution in [3.63, 3.8) is 0 Å². The second-order valence-corrected chi connectivity index (χ2v) is 24.5. The quantitative estimate of drug-likeness (QED) is 0.0211. The van der Waals surface area contributed by atoms with Gasteiger partial charge in [-0.2, -0.15) is 0 Å². The van der Waals surface area contributed by atoms with Gasteiger partial charge in [0.25, 0.3) is 0 Å². The number of hydrogen-bond acceptors (Lipinski definition) is 11. The maximum atomic E-state index is 12.5. The number of carbonyl (C=O) groups excluding carboxylic acids is 3. The molecule has 4 aromatic rings. The van der Waals surface area contributed by atoms with Crippen molar-refractivity contribution in [3.05, 3.63) is 107 Å². The zero-order valence-electron chi connectivity index (χ0n) is 53.5. The average molecular weight is 1270 g/mol. The molecule has 2 fully saturated rings. The molecule has 6 rings (SSSR count). The minimum atomic E-state index is -1.00. The number of carboxylic acid groups (broad SMARTS) is 1. The molecule has 2 aliphatic heterocycles. The largest absolute Gasteiger partial charge is 0.481 e. The third-order valence-electron chi connectivity index (χ3n) is 15.1. The molecular weight excluding hydrogens is 1160 g/mol. The van der Waals surface area contributed by atoms with E-state index in [0.29, 0.717) is 39.0 Å². The highest BCUT2D eigenvalue weighted by atomic mass is 35.5. The van der Waals surface area contributed by atoms with Crippen LogP contribution in [0.5, 0.6) is 0 Å². The van der Waals surface area contributed by atoms with E-state index in [0.717, 1.165) is 58.3 Å². The summed E-state index contributed by atoms with van der Waals surface area (Å²) in [6.45, 7) is 18.1. The number of aliphatic carboxylic acids is 1. The van der Waals surface area contributed by atoms with Gasteiger partial charge in [0.2, 0.25) is 6.79 Å². The minimum absolute atomic E-state index is 0. The molecule has 2 aliphatic rings. The summed E-state index contributed by atoms with van der Waals surface area (Å²) in [6.07, 6.45) is 27.6. The first kappa shape index (κ1) is 78.0. The number of anilines is 2. The number of benzene rings is 4. The summed E-state index contributed by atoms with van der Waals surface area (Å²) in [5.74, 6) is -0.951. The van der Waals surface area contributed by atoms with E-state index in [9.17, 15) is 23.6 Å². The van der Waals surface area contributed by atoms with E-state index in [4.69, 9.17) is 32.3 Å². The number of alkyl halides is 2. The number of hydrogen-bond donors (Lipinski definition) is 1. The lowest BCUT2D eigenvalue weighted by molar-refractivity contribution is -0.152. The smallest absolute Gasteiger partial charge is 0.412 e. The molecule has 0 atom stereocenters. The highest BCUT2D eigenvalue weighted by molar-refractivity contribution is 7.99. The third kappa shape index (κ3) is 33.9. The van der Waals surface area contributed by atoms with Crippen molar-refractivity contribution in [3.8, 4) is 0 Å². The first-order valence-electron chi connectivity index (χ1n) is 32.3. The van der Waals surface area contributed by atoms with E-state index < -0.39 is 19.2 Å². The van der Waals surface area contributed by atoms with E-state index in [-0.39, 0.29) is 39.8 Å². The van der Waals surface area contributed by atoms with E-state index in [1.807, 2.05) is 0 Å². The number of nitrogens with zero attached hydrogens (tertiary/aromatic N) is 4. The van der Waals surface area contributed by atoms with Crippen LogP contribution in [0, 0.1) is 27.7 Å².